The molecule has 1 saturated heterocycles. The van der Waals surface area contributed by atoms with Gasteiger partial charge in [0, 0.05) is 24.4 Å². The van der Waals surface area contributed by atoms with Crippen LogP contribution < -0.4 is 4.74 Å². The Morgan fingerprint density at radius 3 is 3.05 bits per heavy atom. The number of hydrogen-bond donors (Lipinski definition) is 0. The van der Waals surface area contributed by atoms with Crippen molar-refractivity contribution in [3.05, 3.63) is 42.7 Å². The van der Waals surface area contributed by atoms with E-state index < -0.39 is 0 Å². The van der Waals surface area contributed by atoms with Crippen LogP contribution in [0.1, 0.15) is 12.5 Å². The minimum Gasteiger partial charge on any atom is -0.494 e. The molecule has 3 heterocycles. The van der Waals surface area contributed by atoms with Crippen molar-refractivity contribution in [3.63, 3.8) is 0 Å². The van der Waals surface area contributed by atoms with Crippen molar-refractivity contribution in [2.45, 2.75) is 12.5 Å². The summed E-state index contributed by atoms with van der Waals surface area (Å²) in [4.78, 5) is 9.27. The molecule has 1 unspecified atom stereocenters. The minimum absolute atomic E-state index is 0.340. The molecule has 0 radical (unpaired) electrons. The van der Waals surface area contributed by atoms with Crippen molar-refractivity contribution < 1.29 is 9.47 Å². The summed E-state index contributed by atoms with van der Waals surface area (Å²) in [6.07, 6.45) is 4.84. The zero-order valence-corrected chi connectivity index (χ0v) is 12.4. The second-order valence-electron chi connectivity index (χ2n) is 5.40. The Bertz CT molecular complexity index is 807. The third kappa shape index (κ3) is 2.14. The van der Waals surface area contributed by atoms with Crippen molar-refractivity contribution in [2.75, 3.05) is 20.3 Å². The van der Waals surface area contributed by atoms with Crippen LogP contribution in [-0.4, -0.2) is 34.9 Å². The summed E-state index contributed by atoms with van der Waals surface area (Å²) in [5.41, 5.74) is 1.72. The molecule has 3 aromatic rings. The molecule has 4 rings (SSSR count). The molecule has 2 aromatic heterocycles. The predicted molar refractivity (Wildman–Crippen MR) is 84.0 cm³/mol. The number of aromatic nitrogens is 3. The van der Waals surface area contributed by atoms with Crippen molar-refractivity contribution in [3.8, 4) is 17.3 Å². The van der Waals surface area contributed by atoms with Gasteiger partial charge in [0.25, 0.3) is 0 Å². The van der Waals surface area contributed by atoms with Crippen molar-refractivity contribution >= 4 is 10.9 Å². The first-order valence-electron chi connectivity index (χ1n) is 7.41. The summed E-state index contributed by atoms with van der Waals surface area (Å²) in [5.74, 6) is 1.66. The maximum Gasteiger partial charge on any atom is 0.158 e. The topological polar surface area (TPSA) is 49.2 Å². The summed E-state index contributed by atoms with van der Waals surface area (Å²) in [5, 5.41) is 1.06. The molecule has 1 aromatic carbocycles. The Morgan fingerprint density at radius 2 is 2.23 bits per heavy atom. The highest BCUT2D eigenvalue weighted by molar-refractivity contribution is 5.86. The van der Waals surface area contributed by atoms with Crippen LogP contribution in [-0.2, 0) is 4.74 Å². The van der Waals surface area contributed by atoms with Crippen LogP contribution in [0.5, 0.6) is 5.75 Å². The fraction of sp³-hybridized carbons (Fsp3) is 0.294. The summed E-state index contributed by atoms with van der Waals surface area (Å²) >= 11 is 0. The molecule has 112 valence electrons. The molecule has 0 spiro atoms. The van der Waals surface area contributed by atoms with E-state index >= 15 is 0 Å². The standard InChI is InChI=1S/C17H17N3O2/c1-21-15-4-2-3-12-5-6-14(19-16(12)15)17-18-8-9-20(17)13-7-10-22-11-13/h2-6,8-9,13H,7,10-11H2,1H3. The van der Waals surface area contributed by atoms with E-state index in [1.54, 1.807) is 7.11 Å². The monoisotopic (exact) mass is 295 g/mol. The number of hydrogen-bond acceptors (Lipinski definition) is 4. The van der Waals surface area contributed by atoms with E-state index in [9.17, 15) is 0 Å². The van der Waals surface area contributed by atoms with Gasteiger partial charge in [0.1, 0.15) is 17.0 Å². The van der Waals surface area contributed by atoms with Crippen LogP contribution >= 0.6 is 0 Å². The first kappa shape index (κ1) is 13.3. The van der Waals surface area contributed by atoms with E-state index in [2.05, 4.69) is 15.6 Å². The van der Waals surface area contributed by atoms with E-state index in [1.807, 2.05) is 36.7 Å². The Kier molecular flexibility index (Phi) is 3.27. The van der Waals surface area contributed by atoms with Crippen molar-refractivity contribution in [1.29, 1.82) is 0 Å². The van der Waals surface area contributed by atoms with E-state index in [-0.39, 0.29) is 0 Å². The Morgan fingerprint density at radius 1 is 1.27 bits per heavy atom. The van der Waals surface area contributed by atoms with Gasteiger partial charge in [-0.1, -0.05) is 18.2 Å². The smallest absolute Gasteiger partial charge is 0.158 e. The number of pyridine rings is 1. The lowest BCUT2D eigenvalue weighted by molar-refractivity contribution is 0.187. The van der Waals surface area contributed by atoms with Gasteiger partial charge in [-0.3, -0.25) is 0 Å². The lowest BCUT2D eigenvalue weighted by Crippen LogP contribution is -2.09. The van der Waals surface area contributed by atoms with Crippen LogP contribution in [0.3, 0.4) is 0 Å². The number of fused-ring (bicyclic) bond motifs is 1. The summed E-state index contributed by atoms with van der Waals surface area (Å²) in [6.45, 7) is 1.54. The van der Waals surface area contributed by atoms with Crippen LogP contribution in [0, 0.1) is 0 Å². The highest BCUT2D eigenvalue weighted by Gasteiger charge is 2.21. The van der Waals surface area contributed by atoms with Gasteiger partial charge < -0.3 is 14.0 Å². The lowest BCUT2D eigenvalue weighted by Gasteiger charge is -2.13. The van der Waals surface area contributed by atoms with Gasteiger partial charge in [0.15, 0.2) is 5.82 Å². The molecule has 0 saturated carbocycles. The van der Waals surface area contributed by atoms with Gasteiger partial charge >= 0.3 is 0 Å². The molecule has 0 bridgehead atoms. The summed E-state index contributed by atoms with van der Waals surface area (Å²) < 4.78 is 13.1. The number of rotatable bonds is 3. The van der Waals surface area contributed by atoms with Crippen molar-refractivity contribution in [2.24, 2.45) is 0 Å². The third-order valence-corrected chi connectivity index (χ3v) is 4.10. The van der Waals surface area contributed by atoms with Gasteiger partial charge in [-0.2, -0.15) is 0 Å². The Balaban J connectivity index is 1.83. The van der Waals surface area contributed by atoms with Gasteiger partial charge in [0.05, 0.1) is 19.8 Å². The Labute approximate surface area is 128 Å². The second-order valence-corrected chi connectivity index (χ2v) is 5.40. The largest absolute Gasteiger partial charge is 0.494 e. The average molecular weight is 295 g/mol. The maximum atomic E-state index is 5.49. The molecule has 1 fully saturated rings. The minimum atomic E-state index is 0.340. The normalized spacial score (nSPS) is 18.0. The molecule has 0 amide bonds. The quantitative estimate of drug-likeness (QED) is 0.745. The van der Waals surface area contributed by atoms with Crippen LogP contribution in [0.2, 0.25) is 0 Å². The lowest BCUT2D eigenvalue weighted by atomic mass is 10.1. The van der Waals surface area contributed by atoms with E-state index in [0.29, 0.717) is 6.04 Å². The zero-order valence-electron chi connectivity index (χ0n) is 12.4. The SMILES string of the molecule is COc1cccc2ccc(-c3nccn3C3CCOC3)nc12. The third-order valence-electron chi connectivity index (χ3n) is 4.10. The molecule has 1 atom stereocenters. The Hall–Kier alpha value is -2.40. The number of ether oxygens (including phenoxy) is 2. The molecular formula is C17H17N3O2. The molecule has 0 N–H and O–H groups in total. The summed E-state index contributed by atoms with van der Waals surface area (Å²) in [6, 6.07) is 10.3. The molecule has 1 aliphatic heterocycles. The highest BCUT2D eigenvalue weighted by Crippen LogP contribution is 2.29. The number of nitrogens with zero attached hydrogens (tertiary/aromatic N) is 3. The fourth-order valence-electron chi connectivity index (χ4n) is 2.96. The second kappa shape index (κ2) is 5.42. The van der Waals surface area contributed by atoms with Crippen molar-refractivity contribution in [1.82, 2.24) is 14.5 Å². The van der Waals surface area contributed by atoms with E-state index in [1.165, 1.54) is 0 Å². The highest BCUT2D eigenvalue weighted by atomic mass is 16.5. The van der Waals surface area contributed by atoms with E-state index in [0.717, 1.165) is 47.8 Å². The number of imidazole rings is 1. The number of benzene rings is 1. The van der Waals surface area contributed by atoms with E-state index in [4.69, 9.17) is 14.5 Å². The molecule has 5 nitrogen and oxygen atoms in total. The van der Waals surface area contributed by atoms with Gasteiger partial charge in [-0.15, -0.1) is 0 Å². The molecular weight excluding hydrogens is 278 g/mol. The fourth-order valence-corrected chi connectivity index (χ4v) is 2.96. The van der Waals surface area contributed by atoms with Gasteiger partial charge in [-0.25, -0.2) is 9.97 Å². The molecule has 22 heavy (non-hydrogen) atoms. The van der Waals surface area contributed by atoms with Crippen LogP contribution in [0.15, 0.2) is 42.7 Å². The molecule has 1 aliphatic rings. The zero-order chi connectivity index (χ0) is 14.9. The number of para-hydroxylation sites is 1. The first-order chi connectivity index (χ1) is 10.9. The first-order valence-corrected chi connectivity index (χ1v) is 7.41. The van der Waals surface area contributed by atoms with Gasteiger partial charge in [0.2, 0.25) is 0 Å². The number of methoxy groups -OCH3 is 1. The van der Waals surface area contributed by atoms with Crippen LogP contribution in [0.4, 0.5) is 0 Å². The predicted octanol–water partition coefficient (Wildman–Crippen LogP) is 3.07. The van der Waals surface area contributed by atoms with Gasteiger partial charge in [-0.05, 0) is 18.6 Å². The maximum absolute atomic E-state index is 5.49. The molecule has 5 heteroatoms. The summed E-state index contributed by atoms with van der Waals surface area (Å²) in [7, 11) is 1.67. The van der Waals surface area contributed by atoms with Crippen LogP contribution in [0.25, 0.3) is 22.4 Å². The average Bonchev–Trinajstić information content (AvgIpc) is 3.24. The molecule has 0 aliphatic carbocycles.